The number of carbonyl (C=O) groups is 1. The van der Waals surface area contributed by atoms with Gasteiger partial charge >= 0.3 is 6.18 Å². The SMILES string of the molecule is COc1cc(CCC(=O)N(C)C(C)CN)ccc1OCC(F)(F)F.Cl. The zero-order chi connectivity index (χ0) is 18.3. The minimum atomic E-state index is -4.42. The summed E-state index contributed by atoms with van der Waals surface area (Å²) in [5.41, 5.74) is 6.30. The summed E-state index contributed by atoms with van der Waals surface area (Å²) in [7, 11) is 3.04. The second kappa shape index (κ2) is 10.4. The van der Waals surface area contributed by atoms with Crippen molar-refractivity contribution in [3.8, 4) is 11.5 Å². The van der Waals surface area contributed by atoms with Crippen LogP contribution in [0.1, 0.15) is 18.9 Å². The molecule has 1 unspecified atom stereocenters. The summed E-state index contributed by atoms with van der Waals surface area (Å²) in [4.78, 5) is 13.6. The van der Waals surface area contributed by atoms with Crippen LogP contribution in [0.2, 0.25) is 0 Å². The topological polar surface area (TPSA) is 64.8 Å². The Morgan fingerprint density at radius 1 is 1.32 bits per heavy atom. The number of ether oxygens (including phenoxy) is 2. The second-order valence-corrected chi connectivity index (χ2v) is 5.48. The van der Waals surface area contributed by atoms with Crippen molar-refractivity contribution in [3.05, 3.63) is 23.8 Å². The standard InChI is InChI=1S/C16H23F3N2O3.ClH/c1-11(9-20)21(2)15(22)7-5-12-4-6-13(14(8-12)23-3)24-10-16(17,18)19;/h4,6,8,11H,5,7,9-10,20H2,1-3H3;1H. The zero-order valence-corrected chi connectivity index (χ0v) is 15.2. The van der Waals surface area contributed by atoms with E-state index in [0.717, 1.165) is 5.56 Å². The van der Waals surface area contributed by atoms with Gasteiger partial charge in [0, 0.05) is 26.1 Å². The van der Waals surface area contributed by atoms with Gasteiger partial charge in [-0.2, -0.15) is 13.2 Å². The summed E-state index contributed by atoms with van der Waals surface area (Å²) in [5.74, 6) is 0.163. The summed E-state index contributed by atoms with van der Waals surface area (Å²) in [6.07, 6.45) is -3.70. The van der Waals surface area contributed by atoms with Crippen molar-refractivity contribution in [1.82, 2.24) is 4.90 Å². The number of aryl methyl sites for hydroxylation is 1. The Morgan fingerprint density at radius 3 is 2.48 bits per heavy atom. The fourth-order valence-electron chi connectivity index (χ4n) is 1.98. The lowest BCUT2D eigenvalue weighted by Crippen LogP contribution is -2.39. The molecule has 0 aliphatic rings. The van der Waals surface area contributed by atoms with Crippen molar-refractivity contribution in [1.29, 1.82) is 0 Å². The number of nitrogens with zero attached hydrogens (tertiary/aromatic N) is 1. The minimum Gasteiger partial charge on any atom is -0.493 e. The largest absolute Gasteiger partial charge is 0.493 e. The van der Waals surface area contributed by atoms with E-state index in [1.54, 1.807) is 24.1 Å². The Bertz CT molecular complexity index is 556. The molecular formula is C16H24ClF3N2O3. The smallest absolute Gasteiger partial charge is 0.422 e. The van der Waals surface area contributed by atoms with E-state index in [2.05, 4.69) is 0 Å². The molecule has 25 heavy (non-hydrogen) atoms. The predicted molar refractivity (Wildman–Crippen MR) is 91.4 cm³/mol. The van der Waals surface area contributed by atoms with Crippen LogP contribution in [-0.4, -0.2) is 50.3 Å². The molecule has 9 heteroatoms. The van der Waals surface area contributed by atoms with Crippen LogP contribution in [0.25, 0.3) is 0 Å². The van der Waals surface area contributed by atoms with E-state index in [9.17, 15) is 18.0 Å². The number of hydrogen-bond acceptors (Lipinski definition) is 4. The Balaban J connectivity index is 0.00000576. The third-order valence-corrected chi connectivity index (χ3v) is 3.64. The average molecular weight is 385 g/mol. The van der Waals surface area contributed by atoms with Crippen molar-refractivity contribution in [2.75, 3.05) is 27.3 Å². The molecule has 1 aromatic carbocycles. The van der Waals surface area contributed by atoms with Crippen molar-refractivity contribution in [2.45, 2.75) is 32.0 Å². The van der Waals surface area contributed by atoms with Gasteiger partial charge in [-0.25, -0.2) is 0 Å². The van der Waals surface area contributed by atoms with Gasteiger partial charge in [0.15, 0.2) is 18.1 Å². The highest BCUT2D eigenvalue weighted by atomic mass is 35.5. The van der Waals surface area contributed by atoms with Crippen LogP contribution in [0.15, 0.2) is 18.2 Å². The van der Waals surface area contributed by atoms with Gasteiger partial charge in [0.05, 0.1) is 7.11 Å². The molecule has 5 nitrogen and oxygen atoms in total. The lowest BCUT2D eigenvalue weighted by molar-refractivity contribution is -0.153. The third kappa shape index (κ3) is 7.83. The van der Waals surface area contributed by atoms with Crippen molar-refractivity contribution >= 4 is 18.3 Å². The van der Waals surface area contributed by atoms with Gasteiger partial charge in [0.25, 0.3) is 0 Å². The van der Waals surface area contributed by atoms with E-state index in [1.807, 2.05) is 6.92 Å². The summed E-state index contributed by atoms with van der Waals surface area (Å²) in [5, 5.41) is 0. The maximum absolute atomic E-state index is 12.2. The molecule has 2 N–H and O–H groups in total. The molecule has 0 spiro atoms. The molecule has 0 heterocycles. The molecule has 0 saturated carbocycles. The summed E-state index contributed by atoms with van der Waals surface area (Å²) >= 11 is 0. The summed E-state index contributed by atoms with van der Waals surface area (Å²) < 4.78 is 46.4. The van der Waals surface area contributed by atoms with Crippen molar-refractivity contribution in [2.24, 2.45) is 5.73 Å². The van der Waals surface area contributed by atoms with Gasteiger partial charge in [-0.3, -0.25) is 4.79 Å². The lowest BCUT2D eigenvalue weighted by Gasteiger charge is -2.23. The quantitative estimate of drug-likeness (QED) is 0.748. The average Bonchev–Trinajstić information content (AvgIpc) is 2.55. The molecule has 0 radical (unpaired) electrons. The molecule has 0 aromatic heterocycles. The fraction of sp³-hybridized carbons (Fsp3) is 0.562. The van der Waals surface area contributed by atoms with Crippen LogP contribution in [0.3, 0.4) is 0 Å². The molecule has 0 aliphatic heterocycles. The van der Waals surface area contributed by atoms with Gasteiger partial charge in [-0.1, -0.05) is 6.07 Å². The van der Waals surface area contributed by atoms with E-state index in [1.165, 1.54) is 13.2 Å². The van der Waals surface area contributed by atoms with Gasteiger partial charge < -0.3 is 20.1 Å². The molecular weight excluding hydrogens is 361 g/mol. The number of hydrogen-bond donors (Lipinski definition) is 1. The number of amides is 1. The van der Waals surface area contributed by atoms with Crippen LogP contribution in [0.4, 0.5) is 13.2 Å². The zero-order valence-electron chi connectivity index (χ0n) is 14.4. The van der Waals surface area contributed by atoms with Crippen LogP contribution < -0.4 is 15.2 Å². The van der Waals surface area contributed by atoms with Crippen molar-refractivity contribution in [3.63, 3.8) is 0 Å². The molecule has 1 aromatic rings. The van der Waals surface area contributed by atoms with Gasteiger partial charge in [-0.15, -0.1) is 12.4 Å². The highest BCUT2D eigenvalue weighted by Crippen LogP contribution is 2.30. The van der Waals surface area contributed by atoms with Gasteiger partial charge in [0.2, 0.25) is 5.91 Å². The number of alkyl halides is 3. The van der Waals surface area contributed by atoms with E-state index < -0.39 is 12.8 Å². The fourth-order valence-corrected chi connectivity index (χ4v) is 1.98. The van der Waals surface area contributed by atoms with E-state index in [0.29, 0.717) is 13.0 Å². The van der Waals surface area contributed by atoms with Crippen LogP contribution in [-0.2, 0) is 11.2 Å². The molecule has 0 saturated heterocycles. The molecule has 144 valence electrons. The first-order valence-corrected chi connectivity index (χ1v) is 7.50. The minimum absolute atomic E-state index is 0. The Labute approximate surface area is 151 Å². The maximum Gasteiger partial charge on any atom is 0.422 e. The molecule has 1 atom stereocenters. The number of likely N-dealkylation sites (N-methyl/N-ethyl adjacent to an activating group) is 1. The first-order chi connectivity index (χ1) is 11.2. The first kappa shape index (κ1) is 23.3. The number of nitrogens with two attached hydrogens (primary N) is 1. The highest BCUT2D eigenvalue weighted by Gasteiger charge is 2.29. The molecule has 1 amide bonds. The number of carbonyl (C=O) groups excluding carboxylic acids is 1. The summed E-state index contributed by atoms with van der Waals surface area (Å²) in [6, 6.07) is 4.56. The van der Waals surface area contributed by atoms with E-state index in [4.69, 9.17) is 15.2 Å². The molecule has 0 bridgehead atoms. The molecule has 0 fully saturated rings. The van der Waals surface area contributed by atoms with Crippen LogP contribution >= 0.6 is 12.4 Å². The lowest BCUT2D eigenvalue weighted by atomic mass is 10.1. The highest BCUT2D eigenvalue weighted by molar-refractivity contribution is 5.85. The monoisotopic (exact) mass is 384 g/mol. The van der Waals surface area contributed by atoms with Gasteiger partial charge in [0.1, 0.15) is 0 Å². The van der Waals surface area contributed by atoms with E-state index >= 15 is 0 Å². The molecule has 1 rings (SSSR count). The third-order valence-electron chi connectivity index (χ3n) is 3.64. The Kier molecular flexibility index (Phi) is 9.66. The first-order valence-electron chi connectivity index (χ1n) is 7.50. The van der Waals surface area contributed by atoms with Crippen molar-refractivity contribution < 1.29 is 27.4 Å². The number of methoxy groups -OCH3 is 1. The normalized spacial score (nSPS) is 12.1. The number of benzene rings is 1. The van der Waals surface area contributed by atoms with E-state index in [-0.39, 0.29) is 42.3 Å². The number of halogens is 4. The Morgan fingerprint density at radius 2 is 1.96 bits per heavy atom. The second-order valence-electron chi connectivity index (χ2n) is 5.48. The van der Waals surface area contributed by atoms with Crippen LogP contribution in [0, 0.1) is 0 Å². The Hall–Kier alpha value is -1.67. The summed E-state index contributed by atoms with van der Waals surface area (Å²) in [6.45, 7) is 0.845. The van der Waals surface area contributed by atoms with Crippen LogP contribution in [0.5, 0.6) is 11.5 Å². The van der Waals surface area contributed by atoms with Gasteiger partial charge in [-0.05, 0) is 31.0 Å². The molecule has 0 aliphatic carbocycles. The maximum atomic E-state index is 12.2. The predicted octanol–water partition coefficient (Wildman–Crippen LogP) is 2.80. The number of rotatable bonds is 8.